The fourth-order valence-electron chi connectivity index (χ4n) is 7.06. The zero-order valence-corrected chi connectivity index (χ0v) is 31.2. The van der Waals surface area contributed by atoms with Crippen LogP contribution in [0.4, 0.5) is 9.18 Å². The highest BCUT2D eigenvalue weighted by Crippen LogP contribution is 2.46. The van der Waals surface area contributed by atoms with Crippen molar-refractivity contribution in [2.24, 2.45) is 5.92 Å². The molecule has 1 unspecified atom stereocenters. The van der Waals surface area contributed by atoms with Gasteiger partial charge in [-0.3, -0.25) is 19.1 Å². The molecule has 0 bridgehead atoms. The maximum Gasteiger partial charge on any atom is 0.408 e. The number of benzene rings is 1. The van der Waals surface area contributed by atoms with Gasteiger partial charge in [0, 0.05) is 44.2 Å². The molecule has 15 nitrogen and oxygen atoms in total. The Morgan fingerprint density at radius 1 is 1.00 bits per heavy atom. The van der Waals surface area contributed by atoms with Crippen LogP contribution in [0.1, 0.15) is 83.3 Å². The van der Waals surface area contributed by atoms with Crippen molar-refractivity contribution in [1.82, 2.24) is 28.9 Å². The maximum atomic E-state index is 14.6. The Balaban J connectivity index is 1.31. The van der Waals surface area contributed by atoms with Crippen LogP contribution in [0.25, 0.3) is 0 Å². The van der Waals surface area contributed by atoms with Crippen LogP contribution in [-0.4, -0.2) is 102 Å². The molecule has 3 heterocycles. The van der Waals surface area contributed by atoms with E-state index in [1.54, 1.807) is 32.9 Å². The fraction of sp³-hybridized carbons (Fsp3) is 0.647. The van der Waals surface area contributed by atoms with Crippen LogP contribution in [0.3, 0.4) is 0 Å². The summed E-state index contributed by atoms with van der Waals surface area (Å²) in [5.74, 6) is -3.45. The number of piperazine rings is 1. The Morgan fingerprint density at radius 3 is 2.44 bits per heavy atom. The molecule has 3 fully saturated rings. The maximum absolute atomic E-state index is 14.6. The number of nitrogens with zero attached hydrogens (tertiary/aromatic N) is 3. The standard InChI is InChI=1S/C34H47FN6O9S2/c1-33(2,3)50-32(45)36-27-13-8-6-4-5-7-11-23-18-34(23,31(44)38-51(46,47)24-14-15-24)37-29(42)28-21-39(16-17-41(28)30(27)43)52(48,49)40-19-22-10-9-12-26(35)25(22)20-40/h7,9-12,23-24,27-28H,4-6,8,13-21H2,1-3H3,(H,36,45)(H,37,42)(H,38,44)/b11-7+/t23?,27-,28-,34-/m0/s1. The lowest BCUT2D eigenvalue weighted by molar-refractivity contribution is -0.145. The summed E-state index contributed by atoms with van der Waals surface area (Å²) < 4.78 is 77.9. The van der Waals surface area contributed by atoms with Gasteiger partial charge in [0.1, 0.15) is 29.0 Å². The van der Waals surface area contributed by atoms with Crippen molar-refractivity contribution in [1.29, 1.82) is 0 Å². The minimum atomic E-state index is -4.30. The lowest BCUT2D eigenvalue weighted by atomic mass is 10.0. The summed E-state index contributed by atoms with van der Waals surface area (Å²) in [4.78, 5) is 56.5. The summed E-state index contributed by atoms with van der Waals surface area (Å²) >= 11 is 0. The first-order valence-corrected chi connectivity index (χ1v) is 20.7. The molecule has 3 aliphatic heterocycles. The minimum absolute atomic E-state index is 0.0833. The average molecular weight is 767 g/mol. The summed E-state index contributed by atoms with van der Waals surface area (Å²) in [6.07, 6.45) is 6.60. The van der Waals surface area contributed by atoms with Gasteiger partial charge in [0.15, 0.2) is 0 Å². The zero-order chi connectivity index (χ0) is 37.6. The van der Waals surface area contributed by atoms with Gasteiger partial charge in [0.25, 0.3) is 16.1 Å². The second-order valence-corrected chi connectivity index (χ2v) is 19.2. The van der Waals surface area contributed by atoms with E-state index in [0.717, 1.165) is 15.0 Å². The molecule has 4 atom stereocenters. The Labute approximate surface area is 303 Å². The number of ether oxygens (including phenoxy) is 1. The SMILES string of the molecule is CC(C)(C)OC(=O)N[C@H]1CCCCC/C=C/C2C[C@]2(C(=O)NS(=O)(=O)C2CC2)NC(=O)[C@@H]2CN(S(=O)(=O)N3Cc4cccc(F)c4C3)CCN2C1=O. The van der Waals surface area contributed by atoms with Gasteiger partial charge >= 0.3 is 6.09 Å². The lowest BCUT2D eigenvalue weighted by Gasteiger charge is -2.42. The zero-order valence-electron chi connectivity index (χ0n) is 29.6. The van der Waals surface area contributed by atoms with E-state index in [0.29, 0.717) is 37.7 Å². The van der Waals surface area contributed by atoms with E-state index in [-0.39, 0.29) is 44.6 Å². The van der Waals surface area contributed by atoms with E-state index in [1.807, 2.05) is 6.08 Å². The molecular weight excluding hydrogens is 720 g/mol. The first-order valence-electron chi connectivity index (χ1n) is 17.8. The van der Waals surface area contributed by atoms with E-state index in [4.69, 9.17) is 4.74 Å². The summed E-state index contributed by atoms with van der Waals surface area (Å²) in [5.41, 5.74) is -1.73. The van der Waals surface area contributed by atoms with Crippen LogP contribution in [-0.2, 0) is 52.4 Å². The number of rotatable bonds is 6. The molecule has 18 heteroatoms. The van der Waals surface area contributed by atoms with Crippen molar-refractivity contribution >= 4 is 44.0 Å². The number of amides is 4. The van der Waals surface area contributed by atoms with Crippen LogP contribution in [0, 0.1) is 11.7 Å². The number of fused-ring (bicyclic) bond motifs is 3. The highest BCUT2D eigenvalue weighted by molar-refractivity contribution is 7.91. The van der Waals surface area contributed by atoms with Gasteiger partial charge in [-0.05, 0) is 70.9 Å². The fourth-order valence-corrected chi connectivity index (χ4v) is 9.98. The lowest BCUT2D eigenvalue weighted by Crippen LogP contribution is -2.66. The quantitative estimate of drug-likeness (QED) is 0.363. The number of alkyl carbamates (subject to hydrolysis) is 1. The number of allylic oxidation sites excluding steroid dienone is 1. The van der Waals surface area contributed by atoms with Gasteiger partial charge in [0.2, 0.25) is 21.8 Å². The number of sulfonamides is 1. The molecule has 1 aromatic carbocycles. The van der Waals surface area contributed by atoms with E-state index in [1.165, 1.54) is 17.0 Å². The second kappa shape index (κ2) is 14.3. The summed E-state index contributed by atoms with van der Waals surface area (Å²) in [6, 6.07) is 1.81. The van der Waals surface area contributed by atoms with Crippen molar-refractivity contribution < 1.29 is 45.1 Å². The van der Waals surface area contributed by atoms with Gasteiger partial charge in [0.05, 0.1) is 5.25 Å². The molecule has 3 N–H and O–H groups in total. The summed E-state index contributed by atoms with van der Waals surface area (Å²) in [7, 11) is -8.26. The molecule has 2 saturated carbocycles. The molecule has 0 radical (unpaired) electrons. The van der Waals surface area contributed by atoms with Crippen LogP contribution in [0.2, 0.25) is 0 Å². The Morgan fingerprint density at radius 2 is 1.75 bits per heavy atom. The molecule has 5 aliphatic rings. The molecule has 4 amide bonds. The second-order valence-electron chi connectivity index (χ2n) is 15.3. The largest absolute Gasteiger partial charge is 0.444 e. The minimum Gasteiger partial charge on any atom is -0.444 e. The normalized spacial score (nSPS) is 28.6. The van der Waals surface area contributed by atoms with Gasteiger partial charge in [-0.15, -0.1) is 0 Å². The van der Waals surface area contributed by atoms with Crippen LogP contribution >= 0.6 is 0 Å². The van der Waals surface area contributed by atoms with E-state index < -0.39 is 90.8 Å². The summed E-state index contributed by atoms with van der Waals surface area (Å²) in [6.45, 7) is 3.79. The average Bonchev–Trinajstić information content (AvgIpc) is 3.98. The van der Waals surface area contributed by atoms with Crippen molar-refractivity contribution in [2.75, 3.05) is 19.6 Å². The summed E-state index contributed by atoms with van der Waals surface area (Å²) in [5, 5.41) is 4.69. The number of hydrogen-bond donors (Lipinski definition) is 3. The van der Waals surface area contributed by atoms with Gasteiger partial charge in [-0.1, -0.05) is 37.1 Å². The first-order chi connectivity index (χ1) is 24.4. The van der Waals surface area contributed by atoms with Gasteiger partial charge in [-0.25, -0.2) is 17.6 Å². The molecular formula is C34H47FN6O9S2. The highest BCUT2D eigenvalue weighted by atomic mass is 32.2. The number of carbonyl (C=O) groups is 4. The Kier molecular flexibility index (Phi) is 10.5. The van der Waals surface area contributed by atoms with Crippen molar-refractivity contribution in [3.8, 4) is 0 Å². The van der Waals surface area contributed by atoms with Gasteiger partial charge < -0.3 is 20.3 Å². The molecule has 1 aromatic rings. The number of hydrogen-bond acceptors (Lipinski definition) is 9. The molecule has 2 aliphatic carbocycles. The topological polar surface area (TPSA) is 192 Å². The van der Waals surface area contributed by atoms with E-state index >= 15 is 0 Å². The van der Waals surface area contributed by atoms with Crippen molar-refractivity contribution in [2.45, 2.75) is 114 Å². The van der Waals surface area contributed by atoms with Crippen molar-refractivity contribution in [3.63, 3.8) is 0 Å². The molecule has 6 rings (SSSR count). The monoisotopic (exact) mass is 766 g/mol. The first kappa shape index (κ1) is 38.1. The number of nitrogens with one attached hydrogen (secondary N) is 3. The highest BCUT2D eigenvalue weighted by Gasteiger charge is 2.62. The van der Waals surface area contributed by atoms with Crippen LogP contribution in [0.15, 0.2) is 30.4 Å². The predicted molar refractivity (Wildman–Crippen MR) is 186 cm³/mol. The van der Waals surface area contributed by atoms with Crippen LogP contribution < -0.4 is 15.4 Å². The molecule has 286 valence electrons. The molecule has 0 spiro atoms. The van der Waals surface area contributed by atoms with Crippen LogP contribution in [0.5, 0.6) is 0 Å². The number of carbonyl (C=O) groups excluding carboxylic acids is 4. The van der Waals surface area contributed by atoms with Crippen molar-refractivity contribution in [3.05, 3.63) is 47.3 Å². The van der Waals surface area contributed by atoms with E-state index in [2.05, 4.69) is 15.4 Å². The third-order valence-corrected chi connectivity index (χ3v) is 13.9. The Hall–Kier alpha value is -3.61. The smallest absolute Gasteiger partial charge is 0.408 e. The van der Waals surface area contributed by atoms with Gasteiger partial charge in [-0.2, -0.15) is 17.0 Å². The molecule has 1 saturated heterocycles. The van der Waals surface area contributed by atoms with E-state index in [9.17, 15) is 40.4 Å². The predicted octanol–water partition coefficient (Wildman–Crippen LogP) is 1.80. The molecule has 0 aromatic heterocycles. The Bertz CT molecular complexity index is 1860. The third kappa shape index (κ3) is 8.14. The molecule has 52 heavy (non-hydrogen) atoms. The number of halogens is 1. The third-order valence-electron chi connectivity index (χ3n) is 10.2.